The number of fused-ring (bicyclic) bond motifs is 1. The number of anilines is 5. The molecule has 26 nitrogen and oxygen atoms in total. The molecule has 15 N–H and O–H groups in total. The molecule has 0 saturated heterocycles. The Morgan fingerprint density at radius 3 is 1.45 bits per heavy atom. The Morgan fingerprint density at radius 2 is 0.983 bits per heavy atom. The van der Waals surface area contributed by atoms with Gasteiger partial charge in [0.15, 0.2) is 19.7 Å². The third-order valence-corrected chi connectivity index (χ3v) is 13.4. The summed E-state index contributed by atoms with van der Waals surface area (Å²) in [5.41, 5.74) is 27.4. The van der Waals surface area contributed by atoms with Crippen molar-refractivity contribution in [1.82, 2.24) is 0 Å². The molecule has 0 bridgehead atoms. The van der Waals surface area contributed by atoms with Crippen LogP contribution in [0.25, 0.3) is 10.8 Å². The van der Waals surface area contributed by atoms with Crippen LogP contribution in [0.2, 0.25) is 0 Å². The molecular formula is C28H37N5O21S6. The summed E-state index contributed by atoms with van der Waals surface area (Å²) >= 11 is 0. The second-order valence-electron chi connectivity index (χ2n) is 11.3. The molecule has 0 heterocycles. The summed E-state index contributed by atoms with van der Waals surface area (Å²) in [6.45, 7) is -1.61. The minimum Gasteiger partial charge on any atom is -0.505 e. The summed E-state index contributed by atoms with van der Waals surface area (Å²) in [5, 5.41) is 10.3. The van der Waals surface area contributed by atoms with Gasteiger partial charge in [0.25, 0.3) is 20.2 Å². The fraction of sp³-hybridized carbons (Fsp3) is 0.214. The lowest BCUT2D eigenvalue weighted by Crippen LogP contribution is -2.16. The number of rotatable bonds is 14. The lowest BCUT2D eigenvalue weighted by Gasteiger charge is -2.13. The summed E-state index contributed by atoms with van der Waals surface area (Å²) in [6, 6.07) is 9.00. The first-order valence-corrected chi connectivity index (χ1v) is 24.2. The average Bonchev–Trinajstić information content (AvgIpc) is 3.09. The van der Waals surface area contributed by atoms with Crippen molar-refractivity contribution in [2.75, 3.05) is 67.6 Å². The summed E-state index contributed by atoms with van der Waals surface area (Å²) in [7, 11) is -24.2. The average molecular weight is 972 g/mol. The second-order valence-corrected chi connectivity index (χ2v) is 20.5. The first kappa shape index (κ1) is 51.1. The molecular weight excluding hydrogens is 935 g/mol. The molecule has 0 radical (unpaired) electrons. The largest absolute Gasteiger partial charge is 0.505 e. The molecule has 0 aliphatic heterocycles. The van der Waals surface area contributed by atoms with Gasteiger partial charge in [0, 0.05) is 22.9 Å². The van der Waals surface area contributed by atoms with Gasteiger partial charge in [0.2, 0.25) is 0 Å². The van der Waals surface area contributed by atoms with Crippen molar-refractivity contribution in [3.8, 4) is 17.2 Å². The van der Waals surface area contributed by atoms with Gasteiger partial charge < -0.3 is 43.2 Å². The molecule has 0 unspecified atom stereocenters. The van der Waals surface area contributed by atoms with Crippen LogP contribution in [0.15, 0.2) is 68.1 Å². The lowest BCUT2D eigenvalue weighted by atomic mass is 10.1. The maximum absolute atomic E-state index is 12.1. The van der Waals surface area contributed by atoms with Gasteiger partial charge in [-0.3, -0.25) is 18.2 Å². The SMILES string of the molecule is COc1cc(S(=O)(=O)CCOS(=O)(=O)O)c(OC)cc1N.Nc1ccc(S(=O)(=O)CCOS(=O)(=O)O)cc1S(=O)(=O)O.Nc1ccc2c(O)c(N)c(S(=O)(=O)O)cc2c1N. The second kappa shape index (κ2) is 19.1. The predicted molar refractivity (Wildman–Crippen MR) is 212 cm³/mol. The molecule has 4 aromatic rings. The Kier molecular flexibility index (Phi) is 16.3. The van der Waals surface area contributed by atoms with Crippen molar-refractivity contribution in [3.05, 3.63) is 48.5 Å². The summed E-state index contributed by atoms with van der Waals surface area (Å²) in [6.07, 6.45) is 0. The minimum absolute atomic E-state index is 0.0137. The van der Waals surface area contributed by atoms with Crippen LogP contribution in [0.5, 0.6) is 17.2 Å². The van der Waals surface area contributed by atoms with Crippen LogP contribution in [0.3, 0.4) is 0 Å². The van der Waals surface area contributed by atoms with E-state index >= 15 is 0 Å². The van der Waals surface area contributed by atoms with E-state index in [4.69, 9.17) is 56.4 Å². The van der Waals surface area contributed by atoms with E-state index in [1.54, 1.807) is 0 Å². The van der Waals surface area contributed by atoms with Crippen LogP contribution in [0.4, 0.5) is 28.4 Å². The Bertz CT molecular complexity index is 2950. The van der Waals surface area contributed by atoms with Crippen molar-refractivity contribution in [3.63, 3.8) is 0 Å². The van der Waals surface area contributed by atoms with Crippen molar-refractivity contribution < 1.29 is 91.7 Å². The number of phenols is 1. The molecule has 60 heavy (non-hydrogen) atoms. The van der Waals surface area contributed by atoms with Crippen LogP contribution in [-0.4, -0.2) is 113 Å². The topological polar surface area (TPSA) is 473 Å². The molecule has 0 aliphatic rings. The summed E-state index contributed by atoms with van der Waals surface area (Å²) in [4.78, 5) is -2.14. The summed E-state index contributed by atoms with van der Waals surface area (Å²) < 4.78 is 186. The predicted octanol–water partition coefficient (Wildman–Crippen LogP) is -0.474. The maximum atomic E-state index is 12.1. The molecule has 0 saturated carbocycles. The lowest BCUT2D eigenvalue weighted by molar-refractivity contribution is 0.282. The quantitative estimate of drug-likeness (QED) is 0.0433. The summed E-state index contributed by atoms with van der Waals surface area (Å²) in [5.74, 6) is -1.88. The van der Waals surface area contributed by atoms with E-state index in [-0.39, 0.29) is 49.9 Å². The van der Waals surface area contributed by atoms with Gasteiger partial charge in [-0.2, -0.15) is 33.7 Å². The van der Waals surface area contributed by atoms with Gasteiger partial charge >= 0.3 is 20.8 Å². The third-order valence-electron chi connectivity index (χ3n) is 7.29. The number of aromatic hydroxyl groups is 1. The number of phenolic OH excluding ortho intramolecular Hbond substituents is 1. The third kappa shape index (κ3) is 14.0. The highest BCUT2D eigenvalue weighted by Gasteiger charge is 2.25. The molecule has 336 valence electrons. The molecule has 0 fully saturated rings. The van der Waals surface area contributed by atoms with Crippen LogP contribution in [-0.2, 0) is 69.1 Å². The first-order valence-electron chi connectivity index (χ1n) is 15.3. The Labute approximate surface area is 343 Å². The zero-order chi connectivity index (χ0) is 46.4. The molecule has 32 heteroatoms. The zero-order valence-electron chi connectivity index (χ0n) is 30.6. The Morgan fingerprint density at radius 1 is 0.500 bits per heavy atom. The molecule has 4 aromatic carbocycles. The number of sulfone groups is 2. The molecule has 0 atom stereocenters. The number of nitrogen functional groups attached to an aromatic ring is 5. The normalized spacial score (nSPS) is 12.4. The van der Waals surface area contributed by atoms with Gasteiger partial charge in [0.1, 0.15) is 31.9 Å². The molecule has 4 rings (SSSR count). The minimum atomic E-state index is -4.79. The molecule has 0 spiro atoms. The van der Waals surface area contributed by atoms with Gasteiger partial charge in [0.05, 0.1) is 72.3 Å². The number of hydrogen-bond donors (Lipinski definition) is 10. The number of benzene rings is 4. The van der Waals surface area contributed by atoms with E-state index < -0.39 is 112 Å². The zero-order valence-corrected chi connectivity index (χ0v) is 35.5. The van der Waals surface area contributed by atoms with Crippen LogP contribution >= 0.6 is 0 Å². The highest BCUT2D eigenvalue weighted by atomic mass is 32.3. The van der Waals surface area contributed by atoms with Gasteiger partial charge in [-0.25, -0.2) is 25.2 Å². The smallest absolute Gasteiger partial charge is 0.397 e. The van der Waals surface area contributed by atoms with E-state index in [9.17, 15) is 55.6 Å². The van der Waals surface area contributed by atoms with Gasteiger partial charge in [-0.15, -0.1) is 0 Å². The van der Waals surface area contributed by atoms with E-state index in [1.807, 2.05) is 0 Å². The van der Waals surface area contributed by atoms with Crippen molar-refractivity contribution in [1.29, 1.82) is 0 Å². The van der Waals surface area contributed by atoms with Crippen LogP contribution < -0.4 is 38.1 Å². The molecule has 0 aromatic heterocycles. The highest BCUT2D eigenvalue weighted by Crippen LogP contribution is 2.40. The molecule has 0 amide bonds. The van der Waals surface area contributed by atoms with Crippen molar-refractivity contribution in [2.45, 2.75) is 19.6 Å². The fourth-order valence-corrected chi connectivity index (χ4v) is 9.02. The number of hydrogen-bond acceptors (Lipinski definition) is 22. The monoisotopic (exact) mass is 971 g/mol. The van der Waals surface area contributed by atoms with E-state index in [0.717, 1.165) is 24.3 Å². The Hall–Kier alpha value is -5.00. The number of methoxy groups -OCH3 is 2. The Balaban J connectivity index is 0.000000311. The standard InChI is InChI=1S/C10H11N3O4S.C10H15NO8S2.C8H11NO9S3/c11-6-2-1-4-5(8(6)12)3-7(18(15,16)17)9(13)10(4)14;1-17-8-6-10(9(18-2)5-7(8)11)20(12,13)4-3-19-21(14,15)16;9-7-2-1-6(5-8(7)20(12,13)14)19(10,11)4-3-18-21(15,16)17/h1-3,14H,11-13H2,(H,15,16,17);5-6H,3-4,11H2,1-2H3,(H,14,15,16);1-2,5H,3-4,9H2,(H,12,13,14)(H,15,16,17). The number of ether oxygens (including phenoxy) is 2. The highest BCUT2D eigenvalue weighted by molar-refractivity contribution is 7.92. The molecule has 0 aliphatic carbocycles. The van der Waals surface area contributed by atoms with E-state index in [0.29, 0.717) is 6.07 Å². The number of nitrogens with two attached hydrogens (primary N) is 5. The van der Waals surface area contributed by atoms with E-state index in [2.05, 4.69) is 8.37 Å². The van der Waals surface area contributed by atoms with Crippen LogP contribution in [0.1, 0.15) is 0 Å². The van der Waals surface area contributed by atoms with Crippen LogP contribution in [0, 0.1) is 0 Å². The fourth-order valence-electron chi connectivity index (χ4n) is 4.49. The van der Waals surface area contributed by atoms with Crippen molar-refractivity contribution >= 4 is 99.9 Å². The van der Waals surface area contributed by atoms with Crippen molar-refractivity contribution in [2.24, 2.45) is 0 Å². The van der Waals surface area contributed by atoms with E-state index in [1.165, 1.54) is 32.4 Å². The van der Waals surface area contributed by atoms with Gasteiger partial charge in [-0.1, -0.05) is 0 Å². The van der Waals surface area contributed by atoms with Gasteiger partial charge in [-0.05, 0) is 36.4 Å². The first-order chi connectivity index (χ1) is 27.2. The maximum Gasteiger partial charge on any atom is 0.397 e.